The third-order valence-electron chi connectivity index (χ3n) is 3.54. The van der Waals surface area contributed by atoms with Crippen LogP contribution in [0.5, 0.6) is 0 Å². The van der Waals surface area contributed by atoms with Crippen molar-refractivity contribution in [2.75, 3.05) is 0 Å². The Bertz CT molecular complexity index is 793. The van der Waals surface area contributed by atoms with Crippen molar-refractivity contribution in [3.05, 3.63) is 108 Å². The molecular weight excluding hydrogens is 300 g/mol. The van der Waals surface area contributed by atoms with Gasteiger partial charge in [-0.05, 0) is 22.8 Å². The molecule has 3 aromatic rings. The van der Waals surface area contributed by atoms with Gasteiger partial charge in [-0.25, -0.2) is 0 Å². The van der Waals surface area contributed by atoms with Gasteiger partial charge in [-0.1, -0.05) is 91.0 Å². The Morgan fingerprint density at radius 3 is 1.87 bits per heavy atom. The van der Waals surface area contributed by atoms with Crippen molar-refractivity contribution in [1.29, 1.82) is 0 Å². The van der Waals surface area contributed by atoms with Crippen molar-refractivity contribution in [2.24, 2.45) is 0 Å². The zero-order valence-electron chi connectivity index (χ0n) is 12.8. The number of rotatable bonds is 5. The van der Waals surface area contributed by atoms with Crippen LogP contribution in [0.2, 0.25) is 0 Å². The van der Waals surface area contributed by atoms with E-state index in [0.29, 0.717) is 5.75 Å². The Morgan fingerprint density at radius 2 is 1.26 bits per heavy atom. The van der Waals surface area contributed by atoms with Gasteiger partial charge in [-0.3, -0.25) is 4.21 Å². The van der Waals surface area contributed by atoms with Crippen molar-refractivity contribution in [3.8, 4) is 0 Å². The maximum Gasteiger partial charge on any atom is 0.0580 e. The molecule has 0 unspecified atom stereocenters. The Balaban J connectivity index is 1.95. The standard InChI is InChI=1S/C21H18OS/c22-23(17-19-12-6-2-7-13-19)21(20-14-8-3-9-15-20)16-18-10-4-1-5-11-18/h1-16H,17H2/b21-16+/t23-/m0/s1. The largest absolute Gasteiger partial charge is 0.254 e. The predicted octanol–water partition coefficient (Wildman–Crippen LogP) is 5.13. The molecule has 0 spiro atoms. The predicted molar refractivity (Wildman–Crippen MR) is 99.0 cm³/mol. The summed E-state index contributed by atoms with van der Waals surface area (Å²) < 4.78 is 13.0. The van der Waals surface area contributed by atoms with E-state index in [4.69, 9.17) is 0 Å². The summed E-state index contributed by atoms with van der Waals surface area (Å²) >= 11 is 0. The molecule has 114 valence electrons. The molecule has 3 rings (SSSR count). The molecule has 0 N–H and O–H groups in total. The highest BCUT2D eigenvalue weighted by atomic mass is 32.2. The summed E-state index contributed by atoms with van der Waals surface area (Å²) in [6.07, 6.45) is 2.02. The second-order valence-corrected chi connectivity index (χ2v) is 6.68. The topological polar surface area (TPSA) is 17.1 Å². The molecule has 1 nitrogen and oxygen atoms in total. The van der Waals surface area contributed by atoms with E-state index in [1.54, 1.807) is 0 Å². The quantitative estimate of drug-likeness (QED) is 0.596. The van der Waals surface area contributed by atoms with Gasteiger partial charge in [-0.15, -0.1) is 0 Å². The normalized spacial score (nSPS) is 12.8. The van der Waals surface area contributed by atoms with Gasteiger partial charge in [0.15, 0.2) is 0 Å². The van der Waals surface area contributed by atoms with E-state index in [2.05, 4.69) is 0 Å². The molecule has 0 saturated heterocycles. The van der Waals surface area contributed by atoms with Crippen LogP contribution in [0.4, 0.5) is 0 Å². The zero-order valence-corrected chi connectivity index (χ0v) is 13.6. The number of hydrogen-bond donors (Lipinski definition) is 0. The molecule has 0 bridgehead atoms. The molecular formula is C21H18OS. The van der Waals surface area contributed by atoms with Crippen LogP contribution in [0.15, 0.2) is 91.0 Å². The molecule has 0 aliphatic heterocycles. The zero-order chi connectivity index (χ0) is 15.9. The fourth-order valence-electron chi connectivity index (χ4n) is 2.39. The van der Waals surface area contributed by atoms with Crippen LogP contribution in [0.25, 0.3) is 11.0 Å². The highest BCUT2D eigenvalue weighted by Gasteiger charge is 2.11. The molecule has 0 fully saturated rings. The van der Waals surface area contributed by atoms with E-state index in [-0.39, 0.29) is 0 Å². The number of benzene rings is 3. The van der Waals surface area contributed by atoms with Crippen LogP contribution >= 0.6 is 0 Å². The van der Waals surface area contributed by atoms with Gasteiger partial charge in [0, 0.05) is 4.91 Å². The minimum atomic E-state index is -1.10. The highest BCUT2D eigenvalue weighted by Crippen LogP contribution is 2.24. The van der Waals surface area contributed by atoms with E-state index >= 15 is 0 Å². The Hall–Kier alpha value is -2.45. The maximum atomic E-state index is 13.0. The molecule has 0 heterocycles. The van der Waals surface area contributed by atoms with Crippen LogP contribution in [-0.2, 0) is 16.6 Å². The summed E-state index contributed by atoms with van der Waals surface area (Å²) in [4.78, 5) is 0.862. The summed E-state index contributed by atoms with van der Waals surface area (Å²) in [6.45, 7) is 0. The lowest BCUT2D eigenvalue weighted by Gasteiger charge is -2.09. The van der Waals surface area contributed by atoms with Crippen LogP contribution < -0.4 is 0 Å². The maximum absolute atomic E-state index is 13.0. The lowest BCUT2D eigenvalue weighted by molar-refractivity contribution is 0.688. The van der Waals surface area contributed by atoms with Gasteiger partial charge in [0.25, 0.3) is 0 Å². The summed E-state index contributed by atoms with van der Waals surface area (Å²) in [7, 11) is -1.10. The average molecular weight is 318 g/mol. The molecule has 1 atom stereocenters. The lowest BCUT2D eigenvalue weighted by Crippen LogP contribution is -1.99. The van der Waals surface area contributed by atoms with Crippen molar-refractivity contribution >= 4 is 21.8 Å². The van der Waals surface area contributed by atoms with Gasteiger partial charge in [0.1, 0.15) is 0 Å². The van der Waals surface area contributed by atoms with E-state index in [1.165, 1.54) is 0 Å². The minimum Gasteiger partial charge on any atom is -0.254 e. The molecule has 0 aromatic heterocycles. The van der Waals surface area contributed by atoms with Crippen molar-refractivity contribution in [2.45, 2.75) is 5.75 Å². The third-order valence-corrected chi connectivity index (χ3v) is 4.98. The van der Waals surface area contributed by atoms with Gasteiger partial charge in [0.2, 0.25) is 0 Å². The second-order valence-electron chi connectivity index (χ2n) is 5.26. The first-order chi connectivity index (χ1) is 11.3. The molecule has 0 aliphatic carbocycles. The minimum absolute atomic E-state index is 0.522. The average Bonchev–Trinajstić information content (AvgIpc) is 2.62. The van der Waals surface area contributed by atoms with Gasteiger partial charge in [0.05, 0.1) is 16.6 Å². The third kappa shape index (κ3) is 4.27. The first-order valence-corrected chi connectivity index (χ1v) is 8.89. The fourth-order valence-corrected chi connectivity index (χ4v) is 3.70. The molecule has 2 heteroatoms. The fraction of sp³-hybridized carbons (Fsp3) is 0.0476. The monoisotopic (exact) mass is 318 g/mol. The first-order valence-electron chi connectivity index (χ1n) is 7.57. The van der Waals surface area contributed by atoms with Gasteiger partial charge >= 0.3 is 0 Å². The van der Waals surface area contributed by atoms with Crippen LogP contribution in [0, 0.1) is 0 Å². The van der Waals surface area contributed by atoms with Crippen LogP contribution in [0.3, 0.4) is 0 Å². The molecule has 0 amide bonds. The lowest BCUT2D eigenvalue weighted by atomic mass is 10.1. The molecule has 0 radical (unpaired) electrons. The molecule has 23 heavy (non-hydrogen) atoms. The summed E-state index contributed by atoms with van der Waals surface area (Å²) in [5.41, 5.74) is 3.15. The van der Waals surface area contributed by atoms with Crippen molar-refractivity contribution < 1.29 is 4.21 Å². The van der Waals surface area contributed by atoms with E-state index in [0.717, 1.165) is 21.6 Å². The molecule has 0 aliphatic rings. The number of hydrogen-bond acceptors (Lipinski definition) is 1. The summed E-state index contributed by atoms with van der Waals surface area (Å²) in [5, 5.41) is 0. The van der Waals surface area contributed by atoms with Gasteiger partial charge < -0.3 is 0 Å². The Labute approximate surface area is 139 Å². The molecule has 3 aromatic carbocycles. The van der Waals surface area contributed by atoms with Crippen LogP contribution in [0.1, 0.15) is 16.7 Å². The summed E-state index contributed by atoms with van der Waals surface area (Å²) in [6, 6.07) is 30.0. The summed E-state index contributed by atoms with van der Waals surface area (Å²) in [5.74, 6) is 0.522. The molecule has 0 saturated carbocycles. The SMILES string of the molecule is O=[S@@](Cc1ccccc1)/C(=C/c1ccccc1)c1ccccc1. The Kier molecular flexibility index (Phi) is 5.17. The first kappa shape index (κ1) is 15.4. The van der Waals surface area contributed by atoms with Crippen LogP contribution in [-0.4, -0.2) is 4.21 Å². The highest BCUT2D eigenvalue weighted by molar-refractivity contribution is 7.94. The smallest absolute Gasteiger partial charge is 0.0580 e. The Morgan fingerprint density at radius 1 is 0.739 bits per heavy atom. The van der Waals surface area contributed by atoms with Gasteiger partial charge in [-0.2, -0.15) is 0 Å². The van der Waals surface area contributed by atoms with E-state index < -0.39 is 10.8 Å². The van der Waals surface area contributed by atoms with E-state index in [9.17, 15) is 4.21 Å². The van der Waals surface area contributed by atoms with Crippen molar-refractivity contribution in [3.63, 3.8) is 0 Å². The second kappa shape index (κ2) is 7.70. The van der Waals surface area contributed by atoms with E-state index in [1.807, 2.05) is 97.1 Å². The van der Waals surface area contributed by atoms with Crippen molar-refractivity contribution in [1.82, 2.24) is 0 Å².